The lowest BCUT2D eigenvalue weighted by Gasteiger charge is -2.16. The van der Waals surface area contributed by atoms with Crippen LogP contribution in [-0.4, -0.2) is 43.7 Å². The molecule has 1 aromatic rings. The van der Waals surface area contributed by atoms with Crippen molar-refractivity contribution in [3.63, 3.8) is 0 Å². The number of amides is 1. The summed E-state index contributed by atoms with van der Waals surface area (Å²) in [4.78, 5) is 14.0. The van der Waals surface area contributed by atoms with Crippen LogP contribution in [-0.2, 0) is 4.79 Å². The topological polar surface area (TPSA) is 64.8 Å². The molecule has 1 heterocycles. The van der Waals surface area contributed by atoms with Crippen LogP contribution in [0.4, 0.5) is 0 Å². The third-order valence-electron chi connectivity index (χ3n) is 3.91. The van der Waals surface area contributed by atoms with Gasteiger partial charge in [-0.2, -0.15) is 0 Å². The number of hydrogen-bond donors (Lipinski definition) is 1. The van der Waals surface area contributed by atoms with Gasteiger partial charge in [0.2, 0.25) is 5.91 Å². The summed E-state index contributed by atoms with van der Waals surface area (Å²) in [6, 6.07) is 7.56. The molecule has 1 aromatic carbocycles. The average Bonchev–Trinajstić information content (AvgIpc) is 3.02. The summed E-state index contributed by atoms with van der Waals surface area (Å²) >= 11 is 0. The zero-order valence-electron chi connectivity index (χ0n) is 13.3. The van der Waals surface area contributed by atoms with Gasteiger partial charge < -0.3 is 20.1 Å². The average molecular weight is 306 g/mol. The van der Waals surface area contributed by atoms with E-state index in [9.17, 15) is 4.79 Å². The van der Waals surface area contributed by atoms with Crippen LogP contribution < -0.4 is 15.2 Å². The van der Waals surface area contributed by atoms with E-state index in [4.69, 9.17) is 15.2 Å². The molecule has 1 fully saturated rings. The zero-order chi connectivity index (χ0) is 15.8. The SMILES string of the molecule is CCOc1ccc(OCCCC(=O)N2CCC(CN)C2)cc1. The van der Waals surface area contributed by atoms with Crippen LogP contribution in [0.15, 0.2) is 24.3 Å². The van der Waals surface area contributed by atoms with E-state index in [1.807, 2.05) is 36.1 Å². The first-order chi connectivity index (χ1) is 10.7. The van der Waals surface area contributed by atoms with E-state index in [1.165, 1.54) is 0 Å². The molecule has 0 bridgehead atoms. The molecular weight excluding hydrogens is 280 g/mol. The monoisotopic (exact) mass is 306 g/mol. The maximum Gasteiger partial charge on any atom is 0.222 e. The van der Waals surface area contributed by atoms with Gasteiger partial charge in [-0.05, 0) is 56.5 Å². The Bertz CT molecular complexity index is 461. The number of benzene rings is 1. The maximum absolute atomic E-state index is 12.0. The summed E-state index contributed by atoms with van der Waals surface area (Å²) < 4.78 is 11.0. The highest BCUT2D eigenvalue weighted by molar-refractivity contribution is 5.76. The first kappa shape index (κ1) is 16.6. The third-order valence-corrected chi connectivity index (χ3v) is 3.91. The summed E-state index contributed by atoms with van der Waals surface area (Å²) in [7, 11) is 0. The van der Waals surface area contributed by atoms with Crippen LogP contribution in [0, 0.1) is 5.92 Å². The minimum absolute atomic E-state index is 0.214. The molecule has 1 aliphatic heterocycles. The van der Waals surface area contributed by atoms with Crippen molar-refractivity contribution in [1.82, 2.24) is 4.90 Å². The number of rotatable bonds is 8. The highest BCUT2D eigenvalue weighted by Gasteiger charge is 2.24. The molecule has 1 aliphatic rings. The summed E-state index contributed by atoms with van der Waals surface area (Å²) in [5.41, 5.74) is 5.64. The van der Waals surface area contributed by atoms with Crippen molar-refractivity contribution in [2.75, 3.05) is 32.8 Å². The van der Waals surface area contributed by atoms with Gasteiger partial charge >= 0.3 is 0 Å². The largest absolute Gasteiger partial charge is 0.494 e. The molecule has 122 valence electrons. The quantitative estimate of drug-likeness (QED) is 0.747. The molecule has 2 N–H and O–H groups in total. The van der Waals surface area contributed by atoms with E-state index in [0.29, 0.717) is 32.1 Å². The number of nitrogens with two attached hydrogens (primary N) is 1. The molecule has 5 heteroatoms. The van der Waals surface area contributed by atoms with Gasteiger partial charge in [0.15, 0.2) is 0 Å². The number of ether oxygens (including phenoxy) is 2. The fourth-order valence-electron chi connectivity index (χ4n) is 2.62. The molecule has 1 saturated heterocycles. The minimum Gasteiger partial charge on any atom is -0.494 e. The first-order valence-corrected chi connectivity index (χ1v) is 8.06. The van der Waals surface area contributed by atoms with Crippen molar-refractivity contribution in [2.24, 2.45) is 11.7 Å². The van der Waals surface area contributed by atoms with Crippen LogP contribution in [0.1, 0.15) is 26.2 Å². The molecular formula is C17H26N2O3. The van der Waals surface area contributed by atoms with Gasteiger partial charge in [-0.15, -0.1) is 0 Å². The van der Waals surface area contributed by atoms with Crippen LogP contribution >= 0.6 is 0 Å². The van der Waals surface area contributed by atoms with Crippen molar-refractivity contribution in [3.05, 3.63) is 24.3 Å². The van der Waals surface area contributed by atoms with Crippen LogP contribution in [0.5, 0.6) is 11.5 Å². The zero-order valence-corrected chi connectivity index (χ0v) is 13.3. The van der Waals surface area contributed by atoms with Crippen molar-refractivity contribution >= 4 is 5.91 Å². The lowest BCUT2D eigenvalue weighted by Crippen LogP contribution is -2.29. The molecule has 5 nitrogen and oxygen atoms in total. The Morgan fingerprint density at radius 3 is 2.55 bits per heavy atom. The standard InChI is InChI=1S/C17H26N2O3/c1-2-21-15-5-7-16(8-6-15)22-11-3-4-17(20)19-10-9-14(12-18)13-19/h5-8,14H,2-4,9-13,18H2,1H3. The number of carbonyl (C=O) groups excluding carboxylic acids is 1. The molecule has 0 spiro atoms. The molecule has 0 saturated carbocycles. The summed E-state index contributed by atoms with van der Waals surface area (Å²) in [5.74, 6) is 2.34. The van der Waals surface area contributed by atoms with Crippen LogP contribution in [0.2, 0.25) is 0 Å². The summed E-state index contributed by atoms with van der Waals surface area (Å²) in [6.45, 7) is 5.50. The second-order valence-electron chi connectivity index (χ2n) is 5.59. The van der Waals surface area contributed by atoms with Gasteiger partial charge in [0.05, 0.1) is 13.2 Å². The highest BCUT2D eigenvalue weighted by atomic mass is 16.5. The van der Waals surface area contributed by atoms with Crippen molar-refractivity contribution in [2.45, 2.75) is 26.2 Å². The van der Waals surface area contributed by atoms with Crippen molar-refractivity contribution < 1.29 is 14.3 Å². The molecule has 0 aliphatic carbocycles. The van der Waals surface area contributed by atoms with Gasteiger partial charge in [-0.25, -0.2) is 0 Å². The number of nitrogens with zero attached hydrogens (tertiary/aromatic N) is 1. The Labute approximate surface area is 132 Å². The molecule has 2 rings (SSSR count). The molecule has 0 radical (unpaired) electrons. The first-order valence-electron chi connectivity index (χ1n) is 8.06. The molecule has 0 aromatic heterocycles. The van der Waals surface area contributed by atoms with Gasteiger partial charge in [0.1, 0.15) is 11.5 Å². The minimum atomic E-state index is 0.214. The van der Waals surface area contributed by atoms with Crippen molar-refractivity contribution in [3.8, 4) is 11.5 Å². The van der Waals surface area contributed by atoms with Gasteiger partial charge in [-0.3, -0.25) is 4.79 Å². The van der Waals surface area contributed by atoms with Crippen LogP contribution in [0.3, 0.4) is 0 Å². The predicted molar refractivity (Wildman–Crippen MR) is 86.1 cm³/mol. The normalized spacial score (nSPS) is 17.5. The summed E-state index contributed by atoms with van der Waals surface area (Å²) in [5, 5.41) is 0. The van der Waals surface area contributed by atoms with E-state index >= 15 is 0 Å². The van der Waals surface area contributed by atoms with E-state index in [-0.39, 0.29) is 5.91 Å². The van der Waals surface area contributed by atoms with Crippen molar-refractivity contribution in [1.29, 1.82) is 0 Å². The van der Waals surface area contributed by atoms with Gasteiger partial charge in [0.25, 0.3) is 0 Å². The van der Waals surface area contributed by atoms with Crippen LogP contribution in [0.25, 0.3) is 0 Å². The molecule has 1 unspecified atom stereocenters. The highest BCUT2D eigenvalue weighted by Crippen LogP contribution is 2.18. The molecule has 22 heavy (non-hydrogen) atoms. The Morgan fingerprint density at radius 2 is 1.95 bits per heavy atom. The fourth-order valence-corrected chi connectivity index (χ4v) is 2.62. The Kier molecular flexibility index (Phi) is 6.52. The lowest BCUT2D eigenvalue weighted by molar-refractivity contribution is -0.130. The third kappa shape index (κ3) is 4.91. The second-order valence-corrected chi connectivity index (χ2v) is 5.59. The van der Waals surface area contributed by atoms with E-state index in [2.05, 4.69) is 0 Å². The summed E-state index contributed by atoms with van der Waals surface area (Å²) in [6.07, 6.45) is 2.30. The van der Waals surface area contributed by atoms with Gasteiger partial charge in [0, 0.05) is 19.5 Å². The number of likely N-dealkylation sites (tertiary alicyclic amines) is 1. The number of carbonyl (C=O) groups is 1. The second kappa shape index (κ2) is 8.63. The van der Waals surface area contributed by atoms with E-state index in [1.54, 1.807) is 0 Å². The number of hydrogen-bond acceptors (Lipinski definition) is 4. The smallest absolute Gasteiger partial charge is 0.222 e. The van der Waals surface area contributed by atoms with Gasteiger partial charge in [-0.1, -0.05) is 0 Å². The van der Waals surface area contributed by atoms with E-state index < -0.39 is 0 Å². The Morgan fingerprint density at radius 1 is 1.27 bits per heavy atom. The molecule has 1 amide bonds. The Hall–Kier alpha value is -1.75. The maximum atomic E-state index is 12.0. The fraction of sp³-hybridized carbons (Fsp3) is 0.588. The lowest BCUT2D eigenvalue weighted by atomic mass is 10.1. The van der Waals surface area contributed by atoms with E-state index in [0.717, 1.165) is 37.4 Å². The predicted octanol–water partition coefficient (Wildman–Crippen LogP) is 2.05. The Balaban J connectivity index is 1.63. The molecule has 1 atom stereocenters.